The number of esters is 3. The van der Waals surface area contributed by atoms with E-state index in [2.05, 4.69) is 93.7 Å². The zero-order valence-electron chi connectivity index (χ0n) is 47.0. The summed E-state index contributed by atoms with van der Waals surface area (Å²) in [6.45, 7) is 6.51. The van der Waals surface area contributed by atoms with Gasteiger partial charge in [-0.1, -0.05) is 248 Å². The molecule has 0 saturated carbocycles. The maximum absolute atomic E-state index is 12.9. The van der Waals surface area contributed by atoms with Gasteiger partial charge in [0.25, 0.3) is 0 Å². The molecule has 0 aromatic rings. The van der Waals surface area contributed by atoms with Gasteiger partial charge in [-0.05, 0) is 109 Å². The van der Waals surface area contributed by atoms with Crippen molar-refractivity contribution in [2.24, 2.45) is 0 Å². The van der Waals surface area contributed by atoms with Crippen molar-refractivity contribution in [1.82, 2.24) is 0 Å². The molecule has 0 radical (unpaired) electrons. The number of hydrogen-bond donors (Lipinski definition) is 0. The highest BCUT2D eigenvalue weighted by Gasteiger charge is 2.19. The van der Waals surface area contributed by atoms with Gasteiger partial charge in [-0.15, -0.1) is 0 Å². The molecule has 0 spiro atoms. The van der Waals surface area contributed by atoms with Crippen LogP contribution in [0, 0.1) is 0 Å². The Morgan fingerprint density at radius 1 is 0.296 bits per heavy atom. The van der Waals surface area contributed by atoms with E-state index >= 15 is 0 Å². The second-order valence-electron chi connectivity index (χ2n) is 20.2. The van der Waals surface area contributed by atoms with Gasteiger partial charge in [0.1, 0.15) is 13.2 Å². The zero-order chi connectivity index (χ0) is 51.4. The highest BCUT2D eigenvalue weighted by molar-refractivity contribution is 5.71. The minimum atomic E-state index is -0.788. The van der Waals surface area contributed by atoms with Gasteiger partial charge in [0, 0.05) is 19.3 Å². The summed E-state index contributed by atoms with van der Waals surface area (Å²) in [7, 11) is 0. The smallest absolute Gasteiger partial charge is 0.306 e. The van der Waals surface area contributed by atoms with Crippen LogP contribution < -0.4 is 0 Å². The molecule has 0 aromatic carbocycles. The van der Waals surface area contributed by atoms with Crippen molar-refractivity contribution in [3.05, 3.63) is 72.9 Å². The molecule has 1 atom stereocenters. The van der Waals surface area contributed by atoms with Gasteiger partial charge in [0.05, 0.1) is 0 Å². The molecule has 0 fully saturated rings. The predicted octanol–water partition coefficient (Wildman–Crippen LogP) is 20.5. The van der Waals surface area contributed by atoms with Crippen molar-refractivity contribution in [2.75, 3.05) is 13.2 Å². The van der Waals surface area contributed by atoms with Crippen LogP contribution in [0.3, 0.4) is 0 Å². The van der Waals surface area contributed by atoms with Crippen LogP contribution in [0.15, 0.2) is 72.9 Å². The van der Waals surface area contributed by atoms with E-state index in [9.17, 15) is 14.4 Å². The van der Waals surface area contributed by atoms with Gasteiger partial charge in [-0.3, -0.25) is 14.4 Å². The standard InChI is InChI=1S/C65H114O6/c1-4-7-10-13-16-19-22-25-28-30-32-34-37-39-42-45-48-51-54-57-63(66)69-60-62(71-65(68)59-56-53-50-47-44-41-36-27-24-21-18-15-12-9-6-3)61-70-64(67)58-55-52-49-46-43-40-38-35-33-31-29-26-23-20-17-14-11-8-5-2/h9,12,16,18-19,21,25-29,36,62H,4-8,10-11,13-15,17,20,22-24,30-35,37-61H2,1-3H3/b12-9-,19-16-,21-18-,28-25-,29-26-,36-27-/t62-/m1/s1. The second kappa shape index (κ2) is 59.4. The summed E-state index contributed by atoms with van der Waals surface area (Å²) in [6.07, 6.45) is 76.1. The first-order chi connectivity index (χ1) is 35.0. The molecule has 0 aromatic heterocycles. The number of allylic oxidation sites excluding steroid dienone is 12. The topological polar surface area (TPSA) is 78.9 Å². The summed E-state index contributed by atoms with van der Waals surface area (Å²) in [5, 5.41) is 0. The largest absolute Gasteiger partial charge is 0.462 e. The first-order valence-corrected chi connectivity index (χ1v) is 30.4. The van der Waals surface area contributed by atoms with Crippen LogP contribution >= 0.6 is 0 Å². The Morgan fingerprint density at radius 2 is 0.549 bits per heavy atom. The molecule has 0 N–H and O–H groups in total. The molecule has 0 rings (SSSR count). The van der Waals surface area contributed by atoms with Crippen molar-refractivity contribution in [3.8, 4) is 0 Å². The fourth-order valence-electron chi connectivity index (χ4n) is 8.60. The molecule has 0 bridgehead atoms. The minimum absolute atomic E-state index is 0.0838. The lowest BCUT2D eigenvalue weighted by atomic mass is 10.1. The van der Waals surface area contributed by atoms with Crippen molar-refractivity contribution < 1.29 is 28.6 Å². The van der Waals surface area contributed by atoms with Crippen LogP contribution in [0.4, 0.5) is 0 Å². The average molecular weight is 992 g/mol. The molecule has 0 amide bonds. The average Bonchev–Trinajstić information content (AvgIpc) is 3.37. The van der Waals surface area contributed by atoms with Crippen LogP contribution in [0.1, 0.15) is 303 Å². The van der Waals surface area contributed by atoms with E-state index in [1.54, 1.807) is 0 Å². The summed E-state index contributed by atoms with van der Waals surface area (Å²) in [4.78, 5) is 38.3. The monoisotopic (exact) mass is 991 g/mol. The van der Waals surface area contributed by atoms with Gasteiger partial charge in [-0.25, -0.2) is 0 Å². The molecule has 6 nitrogen and oxygen atoms in total. The Kier molecular flexibility index (Phi) is 56.8. The molecule has 6 heteroatoms. The maximum atomic E-state index is 12.9. The number of carbonyl (C=O) groups is 3. The first-order valence-electron chi connectivity index (χ1n) is 30.4. The van der Waals surface area contributed by atoms with Gasteiger partial charge >= 0.3 is 17.9 Å². The molecule has 0 aliphatic heterocycles. The van der Waals surface area contributed by atoms with Gasteiger partial charge in [-0.2, -0.15) is 0 Å². The number of rotatable bonds is 55. The SMILES string of the molecule is CC/C=C\C/C=C\C/C=C\CCCCCCCC(=O)O[C@H](COC(=O)CCCCCCCCCCC/C=C\C/C=C\CCCCC)COC(=O)CCCCCCCCCCC/C=C\CCCCCCCC. The third-order valence-corrected chi connectivity index (χ3v) is 13.2. The van der Waals surface area contributed by atoms with Crippen LogP contribution in [0.2, 0.25) is 0 Å². The molecule has 0 aliphatic carbocycles. The summed E-state index contributed by atoms with van der Waals surface area (Å²) >= 11 is 0. The van der Waals surface area contributed by atoms with E-state index in [4.69, 9.17) is 14.2 Å². The van der Waals surface area contributed by atoms with E-state index in [0.717, 1.165) is 103 Å². The first kappa shape index (κ1) is 67.8. The van der Waals surface area contributed by atoms with Gasteiger partial charge in [0.2, 0.25) is 0 Å². The van der Waals surface area contributed by atoms with Crippen LogP contribution in [-0.4, -0.2) is 37.2 Å². The molecule has 410 valence electrons. The summed E-state index contributed by atoms with van der Waals surface area (Å²) in [5.41, 5.74) is 0. The third kappa shape index (κ3) is 57.6. The summed E-state index contributed by atoms with van der Waals surface area (Å²) in [6, 6.07) is 0. The Labute approximate surface area is 440 Å². The second-order valence-corrected chi connectivity index (χ2v) is 20.2. The van der Waals surface area contributed by atoms with Crippen molar-refractivity contribution in [3.63, 3.8) is 0 Å². The third-order valence-electron chi connectivity index (χ3n) is 13.2. The Hall–Kier alpha value is -3.15. The van der Waals surface area contributed by atoms with Crippen LogP contribution in [-0.2, 0) is 28.6 Å². The number of ether oxygens (including phenoxy) is 3. The molecule has 0 heterocycles. The summed E-state index contributed by atoms with van der Waals surface area (Å²) < 4.78 is 16.9. The quantitative estimate of drug-likeness (QED) is 0.0261. The van der Waals surface area contributed by atoms with E-state index in [1.165, 1.54) is 161 Å². The molecule has 71 heavy (non-hydrogen) atoms. The van der Waals surface area contributed by atoms with Gasteiger partial charge in [0.15, 0.2) is 6.10 Å². The lowest BCUT2D eigenvalue weighted by Gasteiger charge is -2.18. The van der Waals surface area contributed by atoms with E-state index in [1.807, 2.05) is 0 Å². The fraction of sp³-hybridized carbons (Fsp3) is 0.769. The van der Waals surface area contributed by atoms with Crippen molar-refractivity contribution >= 4 is 17.9 Å². The fourth-order valence-corrected chi connectivity index (χ4v) is 8.60. The highest BCUT2D eigenvalue weighted by atomic mass is 16.6. The number of unbranched alkanes of at least 4 members (excludes halogenated alkanes) is 32. The maximum Gasteiger partial charge on any atom is 0.306 e. The van der Waals surface area contributed by atoms with Crippen molar-refractivity contribution in [1.29, 1.82) is 0 Å². The number of carbonyl (C=O) groups excluding carboxylic acids is 3. The molecular weight excluding hydrogens is 877 g/mol. The normalized spacial score (nSPS) is 12.5. The highest BCUT2D eigenvalue weighted by Crippen LogP contribution is 2.16. The molecular formula is C65H114O6. The minimum Gasteiger partial charge on any atom is -0.462 e. The predicted molar refractivity (Wildman–Crippen MR) is 307 cm³/mol. The Balaban J connectivity index is 4.37. The van der Waals surface area contributed by atoms with Crippen LogP contribution in [0.25, 0.3) is 0 Å². The Morgan fingerprint density at radius 3 is 0.901 bits per heavy atom. The molecule has 0 unspecified atom stereocenters. The van der Waals surface area contributed by atoms with Crippen LogP contribution in [0.5, 0.6) is 0 Å². The van der Waals surface area contributed by atoms with Gasteiger partial charge < -0.3 is 14.2 Å². The van der Waals surface area contributed by atoms with Crippen molar-refractivity contribution in [2.45, 2.75) is 309 Å². The lowest BCUT2D eigenvalue weighted by molar-refractivity contribution is -0.167. The number of hydrogen-bond acceptors (Lipinski definition) is 6. The summed E-state index contributed by atoms with van der Waals surface area (Å²) in [5.74, 6) is -0.896. The Bertz CT molecular complexity index is 1320. The lowest BCUT2D eigenvalue weighted by Crippen LogP contribution is -2.30. The zero-order valence-corrected chi connectivity index (χ0v) is 47.0. The van der Waals surface area contributed by atoms with E-state index in [-0.39, 0.29) is 31.1 Å². The van der Waals surface area contributed by atoms with E-state index in [0.29, 0.717) is 19.3 Å². The molecule has 0 aliphatic rings. The molecule has 0 saturated heterocycles. The van der Waals surface area contributed by atoms with E-state index < -0.39 is 6.10 Å².